The van der Waals surface area contributed by atoms with Crippen LogP contribution < -0.4 is 4.90 Å². The van der Waals surface area contributed by atoms with E-state index in [9.17, 15) is 14.9 Å². The molecule has 1 aromatic rings. The van der Waals surface area contributed by atoms with Crippen molar-refractivity contribution in [1.82, 2.24) is 0 Å². The molecule has 0 radical (unpaired) electrons. The van der Waals surface area contributed by atoms with Gasteiger partial charge in [0.1, 0.15) is 11.8 Å². The molecular formula is C17H13BrN2O4. The summed E-state index contributed by atoms with van der Waals surface area (Å²) in [6, 6.07) is 7.05. The molecular weight excluding hydrogens is 376 g/mol. The van der Waals surface area contributed by atoms with E-state index in [-0.39, 0.29) is 11.3 Å². The molecule has 1 aliphatic rings. The SMILES string of the molecule is COC(=O)C1=C(C(=O)OC)N(c2ccc(Br)c(C#N)c2)C=CC=C1. The van der Waals surface area contributed by atoms with Gasteiger partial charge in [-0.2, -0.15) is 5.26 Å². The Morgan fingerprint density at radius 2 is 1.88 bits per heavy atom. The number of ether oxygens (including phenoxy) is 2. The molecule has 0 spiro atoms. The number of hydrogen-bond donors (Lipinski definition) is 0. The van der Waals surface area contributed by atoms with Gasteiger partial charge in [-0.15, -0.1) is 0 Å². The lowest BCUT2D eigenvalue weighted by Gasteiger charge is -2.23. The summed E-state index contributed by atoms with van der Waals surface area (Å²) in [7, 11) is 2.46. The first-order chi connectivity index (χ1) is 11.5. The Kier molecular flexibility index (Phi) is 5.55. The van der Waals surface area contributed by atoms with Crippen molar-refractivity contribution in [3.05, 3.63) is 63.9 Å². The fourth-order valence-electron chi connectivity index (χ4n) is 2.11. The van der Waals surface area contributed by atoms with E-state index < -0.39 is 11.9 Å². The summed E-state index contributed by atoms with van der Waals surface area (Å²) in [5, 5.41) is 9.19. The molecule has 0 fully saturated rings. The molecule has 0 saturated heterocycles. The van der Waals surface area contributed by atoms with Crippen molar-refractivity contribution >= 4 is 33.6 Å². The number of nitriles is 1. The van der Waals surface area contributed by atoms with Gasteiger partial charge in [0.25, 0.3) is 0 Å². The standard InChI is InChI=1S/C17H13BrN2O4/c1-23-16(21)13-5-3-4-8-20(15(13)17(22)24-2)12-6-7-14(18)11(9-12)10-19/h3-9H,1-2H3. The number of esters is 2. The molecule has 1 aromatic carbocycles. The molecule has 0 bridgehead atoms. The van der Waals surface area contributed by atoms with E-state index in [1.807, 2.05) is 0 Å². The monoisotopic (exact) mass is 388 g/mol. The largest absolute Gasteiger partial charge is 0.465 e. The topological polar surface area (TPSA) is 79.6 Å². The highest BCUT2D eigenvalue weighted by Crippen LogP contribution is 2.29. The van der Waals surface area contributed by atoms with Crippen molar-refractivity contribution in [2.24, 2.45) is 0 Å². The Morgan fingerprint density at radius 1 is 1.17 bits per heavy atom. The maximum atomic E-state index is 12.3. The number of methoxy groups -OCH3 is 2. The van der Waals surface area contributed by atoms with Gasteiger partial charge in [0.2, 0.25) is 0 Å². The molecule has 1 heterocycles. The first-order valence-electron chi connectivity index (χ1n) is 6.78. The molecule has 24 heavy (non-hydrogen) atoms. The average molecular weight is 389 g/mol. The zero-order valence-corrected chi connectivity index (χ0v) is 14.5. The van der Waals surface area contributed by atoms with Crippen molar-refractivity contribution in [2.45, 2.75) is 0 Å². The number of allylic oxidation sites excluding steroid dienone is 2. The average Bonchev–Trinajstić information content (AvgIpc) is 2.83. The van der Waals surface area contributed by atoms with Gasteiger partial charge >= 0.3 is 11.9 Å². The lowest BCUT2D eigenvalue weighted by Crippen LogP contribution is -2.27. The van der Waals surface area contributed by atoms with E-state index in [1.54, 1.807) is 36.6 Å². The fourth-order valence-corrected chi connectivity index (χ4v) is 2.45. The van der Waals surface area contributed by atoms with Crippen LogP contribution in [0.5, 0.6) is 0 Å². The Labute approximate surface area is 147 Å². The second-order valence-electron chi connectivity index (χ2n) is 4.59. The Hall–Kier alpha value is -2.85. The number of rotatable bonds is 3. The number of nitrogens with zero attached hydrogens (tertiary/aromatic N) is 2. The minimum absolute atomic E-state index is 0.000521. The summed E-state index contributed by atoms with van der Waals surface area (Å²) in [5.41, 5.74) is 0.967. The van der Waals surface area contributed by atoms with Gasteiger partial charge in [0.05, 0.1) is 25.4 Å². The lowest BCUT2D eigenvalue weighted by atomic mass is 10.1. The van der Waals surface area contributed by atoms with Gasteiger partial charge in [-0.25, -0.2) is 9.59 Å². The predicted octanol–water partition coefficient (Wildman–Crippen LogP) is 2.81. The number of anilines is 1. The van der Waals surface area contributed by atoms with Crippen LogP contribution in [0.1, 0.15) is 5.56 Å². The molecule has 7 heteroatoms. The van der Waals surface area contributed by atoms with Crippen LogP contribution in [0, 0.1) is 11.3 Å². The molecule has 1 aliphatic heterocycles. The van der Waals surface area contributed by atoms with E-state index in [0.29, 0.717) is 15.7 Å². The van der Waals surface area contributed by atoms with E-state index in [1.165, 1.54) is 25.2 Å². The number of hydrogen-bond acceptors (Lipinski definition) is 6. The van der Waals surface area contributed by atoms with Crippen molar-refractivity contribution in [3.8, 4) is 6.07 Å². The Balaban J connectivity index is 2.68. The molecule has 0 N–H and O–H groups in total. The number of halogens is 1. The summed E-state index contributed by atoms with van der Waals surface area (Å²) in [6.45, 7) is 0. The molecule has 0 aliphatic carbocycles. The van der Waals surface area contributed by atoms with Crippen molar-refractivity contribution < 1.29 is 19.1 Å². The third-order valence-electron chi connectivity index (χ3n) is 3.24. The highest BCUT2D eigenvalue weighted by atomic mass is 79.9. The van der Waals surface area contributed by atoms with Gasteiger partial charge in [-0.3, -0.25) is 0 Å². The molecule has 0 amide bonds. The summed E-state index contributed by atoms with van der Waals surface area (Å²) in [4.78, 5) is 25.8. The smallest absolute Gasteiger partial charge is 0.355 e. The van der Waals surface area contributed by atoms with E-state index in [0.717, 1.165) is 0 Å². The van der Waals surface area contributed by atoms with Crippen LogP contribution in [0.4, 0.5) is 5.69 Å². The van der Waals surface area contributed by atoms with Crippen molar-refractivity contribution in [2.75, 3.05) is 19.1 Å². The second kappa shape index (κ2) is 7.62. The maximum Gasteiger partial charge on any atom is 0.355 e. The zero-order valence-electron chi connectivity index (χ0n) is 12.9. The molecule has 0 unspecified atom stereocenters. The second-order valence-corrected chi connectivity index (χ2v) is 5.45. The molecule has 0 aromatic heterocycles. The maximum absolute atomic E-state index is 12.3. The number of benzene rings is 1. The highest BCUT2D eigenvalue weighted by molar-refractivity contribution is 9.10. The first-order valence-corrected chi connectivity index (χ1v) is 7.57. The van der Waals surface area contributed by atoms with Gasteiger partial charge < -0.3 is 14.4 Å². The minimum Gasteiger partial charge on any atom is -0.465 e. The fraction of sp³-hybridized carbons (Fsp3) is 0.118. The van der Waals surface area contributed by atoms with Crippen LogP contribution in [0.3, 0.4) is 0 Å². The van der Waals surface area contributed by atoms with E-state index in [2.05, 4.69) is 22.0 Å². The zero-order chi connectivity index (χ0) is 17.7. The van der Waals surface area contributed by atoms with E-state index >= 15 is 0 Å². The van der Waals surface area contributed by atoms with Gasteiger partial charge in [-0.1, -0.05) is 6.08 Å². The first kappa shape index (κ1) is 17.5. The van der Waals surface area contributed by atoms with Crippen LogP contribution in [-0.2, 0) is 19.1 Å². The molecule has 0 saturated carbocycles. The molecule has 0 atom stereocenters. The highest BCUT2D eigenvalue weighted by Gasteiger charge is 2.27. The molecule has 122 valence electrons. The summed E-state index contributed by atoms with van der Waals surface area (Å²) < 4.78 is 10.2. The van der Waals surface area contributed by atoms with Crippen LogP contribution in [0.2, 0.25) is 0 Å². The van der Waals surface area contributed by atoms with Crippen molar-refractivity contribution in [3.63, 3.8) is 0 Å². The normalized spacial score (nSPS) is 13.3. The molecule has 2 rings (SSSR count). The Bertz CT molecular complexity index is 818. The van der Waals surface area contributed by atoms with Crippen LogP contribution in [0.15, 0.2) is 58.4 Å². The minimum atomic E-state index is -0.701. The van der Waals surface area contributed by atoms with Gasteiger partial charge in [0.15, 0.2) is 0 Å². The quantitative estimate of drug-likeness (QED) is 0.740. The predicted molar refractivity (Wildman–Crippen MR) is 90.7 cm³/mol. The van der Waals surface area contributed by atoms with Gasteiger partial charge in [-0.05, 0) is 46.3 Å². The molecule has 6 nitrogen and oxygen atoms in total. The summed E-state index contributed by atoms with van der Waals surface area (Å²) >= 11 is 3.28. The Morgan fingerprint density at radius 3 is 2.50 bits per heavy atom. The number of carbonyl (C=O) groups excluding carboxylic acids is 2. The van der Waals surface area contributed by atoms with Crippen molar-refractivity contribution in [1.29, 1.82) is 5.26 Å². The summed E-state index contributed by atoms with van der Waals surface area (Å²) in [5.74, 6) is -1.37. The van der Waals surface area contributed by atoms with Crippen LogP contribution in [0.25, 0.3) is 0 Å². The lowest BCUT2D eigenvalue weighted by molar-refractivity contribution is -0.139. The summed E-state index contributed by atoms with van der Waals surface area (Å²) in [6.07, 6.45) is 6.34. The van der Waals surface area contributed by atoms with Gasteiger partial charge in [0, 0.05) is 16.4 Å². The van der Waals surface area contributed by atoms with Crippen LogP contribution in [-0.4, -0.2) is 26.2 Å². The van der Waals surface area contributed by atoms with E-state index in [4.69, 9.17) is 9.47 Å². The number of carbonyl (C=O) groups is 2. The third kappa shape index (κ3) is 3.39. The third-order valence-corrected chi connectivity index (χ3v) is 3.93. The van der Waals surface area contributed by atoms with Crippen LogP contribution >= 0.6 is 15.9 Å².